The van der Waals surface area contributed by atoms with Gasteiger partial charge >= 0.3 is 6.03 Å². The fourth-order valence-electron chi connectivity index (χ4n) is 0.625. The first-order valence-corrected chi connectivity index (χ1v) is 5.67. The minimum absolute atomic E-state index is 0. The molecule has 0 aliphatic rings. The molecule has 0 bridgehead atoms. The number of nitrogens with one attached hydrogen (secondary N) is 1. The van der Waals surface area contributed by atoms with Gasteiger partial charge in [-0.05, 0) is 12.1 Å². The molecule has 0 aliphatic carbocycles. The largest absolute Gasteiger partial charge is 0.351 e. The molecule has 0 spiro atoms. The van der Waals surface area contributed by atoms with Gasteiger partial charge in [-0.25, -0.2) is 17.9 Å². The van der Waals surface area contributed by atoms with E-state index in [0.29, 0.717) is 4.34 Å². The summed E-state index contributed by atoms with van der Waals surface area (Å²) in [5, 5.41) is 0. The topological polar surface area (TPSA) is 89.3 Å². The van der Waals surface area contributed by atoms with Crippen LogP contribution in [0.4, 0.5) is 4.79 Å². The van der Waals surface area contributed by atoms with E-state index in [1.165, 1.54) is 12.1 Å². The summed E-state index contributed by atoms with van der Waals surface area (Å²) in [7, 11) is -3.83. The van der Waals surface area contributed by atoms with Crippen molar-refractivity contribution in [2.45, 2.75) is 4.21 Å². The minimum atomic E-state index is -3.83. The van der Waals surface area contributed by atoms with Crippen LogP contribution in [0.2, 0.25) is 4.34 Å². The third kappa shape index (κ3) is 4.15. The van der Waals surface area contributed by atoms with Gasteiger partial charge in [-0.2, -0.15) is 0 Å². The van der Waals surface area contributed by atoms with E-state index in [4.69, 9.17) is 11.6 Å². The average molecular weight is 280 g/mol. The number of primary amides is 1. The Balaban J connectivity index is 0.00000169. The number of halogens is 1. The number of hydrogen-bond acceptors (Lipinski definition) is 4. The van der Waals surface area contributed by atoms with Gasteiger partial charge in [0.1, 0.15) is 4.21 Å². The van der Waals surface area contributed by atoms with Gasteiger partial charge in [-0.1, -0.05) is 11.6 Å². The number of nitrogens with two attached hydrogens (primary N) is 1. The van der Waals surface area contributed by atoms with Crippen LogP contribution in [0.25, 0.3) is 0 Å². The molecule has 3 N–H and O–H groups in total. The molecule has 0 aliphatic heterocycles. The van der Waals surface area contributed by atoms with Crippen LogP contribution in [-0.4, -0.2) is 65.8 Å². The molecule has 73 valence electrons. The minimum Gasteiger partial charge on any atom is -0.351 e. The number of sulfonamides is 1. The molecular weight excluding hydrogens is 275 g/mol. The Bertz CT molecular complexity index is 430. The third-order valence-electron chi connectivity index (χ3n) is 1.05. The van der Waals surface area contributed by atoms with Gasteiger partial charge in [-0.15, -0.1) is 11.3 Å². The van der Waals surface area contributed by atoms with Crippen molar-refractivity contribution >= 4 is 90.4 Å². The average Bonchev–Trinajstić information content (AvgIpc) is 2.32. The van der Waals surface area contributed by atoms with Crippen molar-refractivity contribution in [3.63, 3.8) is 0 Å². The van der Waals surface area contributed by atoms with Crippen LogP contribution in [0, 0.1) is 0 Å². The van der Waals surface area contributed by atoms with E-state index in [9.17, 15) is 13.2 Å². The summed E-state index contributed by atoms with van der Waals surface area (Å²) in [6.45, 7) is 0. The summed E-state index contributed by atoms with van der Waals surface area (Å²) < 4.78 is 24.3. The number of urea groups is 1. The molecule has 0 unspecified atom stereocenters. The Hall–Kier alpha value is 0.846. The molecule has 0 aromatic carbocycles. The number of thiophene rings is 1. The quantitative estimate of drug-likeness (QED) is 0.767. The number of rotatable bonds is 2. The monoisotopic (exact) mass is 279 g/mol. The van der Waals surface area contributed by atoms with Gasteiger partial charge in [0.15, 0.2) is 0 Å². The summed E-state index contributed by atoms with van der Waals surface area (Å²) in [6, 6.07) is 1.59. The molecular formula is C5H5ClKN2O3S2. The van der Waals surface area contributed by atoms with Crippen molar-refractivity contribution in [3.8, 4) is 0 Å². The Kier molecular flexibility index (Phi) is 6.15. The van der Waals surface area contributed by atoms with Crippen LogP contribution >= 0.6 is 22.9 Å². The molecule has 1 aromatic rings. The summed E-state index contributed by atoms with van der Waals surface area (Å²) in [5.74, 6) is 0. The SMILES string of the molecule is NC(=O)NS(=O)(=O)c1ccc(Cl)s1.[K]. The van der Waals surface area contributed by atoms with Gasteiger partial charge in [0, 0.05) is 51.4 Å². The van der Waals surface area contributed by atoms with Gasteiger partial charge in [0.2, 0.25) is 0 Å². The molecule has 0 saturated heterocycles. The second-order valence-corrected chi connectivity index (χ2v) is 5.65. The molecule has 1 radical (unpaired) electrons. The fourth-order valence-corrected chi connectivity index (χ4v) is 2.98. The van der Waals surface area contributed by atoms with Crippen LogP contribution in [0.15, 0.2) is 16.3 Å². The van der Waals surface area contributed by atoms with Crippen LogP contribution in [0.1, 0.15) is 0 Å². The number of carbonyl (C=O) groups excluding carboxylic acids is 1. The van der Waals surface area contributed by atoms with E-state index in [1.54, 1.807) is 4.72 Å². The molecule has 5 nitrogen and oxygen atoms in total. The molecule has 0 fully saturated rings. The number of hydrogen-bond donors (Lipinski definition) is 2. The maximum Gasteiger partial charge on any atom is 0.326 e. The predicted molar refractivity (Wildman–Crippen MR) is 55.0 cm³/mol. The fraction of sp³-hybridized carbons (Fsp3) is 0. The van der Waals surface area contributed by atoms with Gasteiger partial charge in [0.25, 0.3) is 10.0 Å². The molecule has 14 heavy (non-hydrogen) atoms. The van der Waals surface area contributed by atoms with Crippen LogP contribution in [0.5, 0.6) is 0 Å². The third-order valence-corrected chi connectivity index (χ3v) is 4.12. The van der Waals surface area contributed by atoms with Crippen molar-refractivity contribution in [1.29, 1.82) is 0 Å². The molecule has 1 rings (SSSR count). The normalized spacial score (nSPS) is 10.4. The Morgan fingerprint density at radius 3 is 2.43 bits per heavy atom. The Morgan fingerprint density at radius 1 is 1.50 bits per heavy atom. The molecule has 0 saturated carbocycles. The molecule has 0 atom stereocenters. The maximum absolute atomic E-state index is 11.2. The molecule has 1 heterocycles. The van der Waals surface area contributed by atoms with Crippen molar-refractivity contribution < 1.29 is 13.2 Å². The van der Waals surface area contributed by atoms with E-state index in [2.05, 4.69) is 5.73 Å². The van der Waals surface area contributed by atoms with Crippen LogP contribution in [0.3, 0.4) is 0 Å². The first-order chi connectivity index (χ1) is 5.92. The van der Waals surface area contributed by atoms with Gasteiger partial charge < -0.3 is 5.73 Å². The number of carbonyl (C=O) groups is 1. The summed E-state index contributed by atoms with van der Waals surface area (Å²) >= 11 is 6.36. The second kappa shape index (κ2) is 5.80. The van der Waals surface area contributed by atoms with Crippen molar-refractivity contribution in [2.75, 3.05) is 0 Å². The molecule has 1 aromatic heterocycles. The second-order valence-electron chi connectivity index (χ2n) is 2.03. The standard InChI is InChI=1S/C5H5ClN2O3S2.K/c6-3-1-2-4(12-3)13(10,11)8-5(7)9;/h1-2H,(H3,7,8,9);. The Labute approximate surface area is 132 Å². The van der Waals surface area contributed by atoms with Crippen LogP contribution < -0.4 is 10.5 Å². The summed E-state index contributed by atoms with van der Waals surface area (Å²) in [6.07, 6.45) is 0. The summed E-state index contributed by atoms with van der Waals surface area (Å²) in [5.41, 5.74) is 4.67. The zero-order valence-corrected chi connectivity index (χ0v) is 12.7. The molecule has 9 heteroatoms. The maximum atomic E-state index is 11.2. The van der Waals surface area contributed by atoms with E-state index in [0.717, 1.165) is 11.3 Å². The van der Waals surface area contributed by atoms with E-state index in [1.807, 2.05) is 0 Å². The van der Waals surface area contributed by atoms with E-state index < -0.39 is 16.1 Å². The van der Waals surface area contributed by atoms with Gasteiger partial charge in [0.05, 0.1) is 4.34 Å². The van der Waals surface area contributed by atoms with E-state index in [-0.39, 0.29) is 55.6 Å². The Morgan fingerprint density at radius 2 is 2.07 bits per heavy atom. The zero-order valence-electron chi connectivity index (χ0n) is 7.15. The number of amides is 2. The van der Waals surface area contributed by atoms with Crippen molar-refractivity contribution in [1.82, 2.24) is 4.72 Å². The summed E-state index contributed by atoms with van der Waals surface area (Å²) in [4.78, 5) is 10.3. The van der Waals surface area contributed by atoms with Crippen LogP contribution in [-0.2, 0) is 10.0 Å². The predicted octanol–water partition coefficient (Wildman–Crippen LogP) is 0.378. The first kappa shape index (κ1) is 14.8. The van der Waals surface area contributed by atoms with Gasteiger partial charge in [-0.3, -0.25) is 0 Å². The molecule has 2 amide bonds. The first-order valence-electron chi connectivity index (χ1n) is 2.99. The smallest absolute Gasteiger partial charge is 0.326 e. The van der Waals surface area contributed by atoms with E-state index >= 15 is 0 Å². The van der Waals surface area contributed by atoms with Crippen molar-refractivity contribution in [3.05, 3.63) is 16.5 Å². The van der Waals surface area contributed by atoms with Crippen molar-refractivity contribution in [2.24, 2.45) is 5.73 Å². The zero-order chi connectivity index (χ0) is 10.1.